The van der Waals surface area contributed by atoms with Gasteiger partial charge in [0.25, 0.3) is 0 Å². The molecule has 0 unspecified atom stereocenters. The summed E-state index contributed by atoms with van der Waals surface area (Å²) in [6, 6.07) is 9.47. The van der Waals surface area contributed by atoms with E-state index in [4.69, 9.17) is 9.47 Å². The third kappa shape index (κ3) is 6.38. The summed E-state index contributed by atoms with van der Waals surface area (Å²) < 4.78 is 18.1. The van der Waals surface area contributed by atoms with Crippen molar-refractivity contribution in [3.8, 4) is 5.75 Å². The number of amides is 1. The van der Waals surface area contributed by atoms with E-state index < -0.39 is 24.5 Å². The SMILES string of the molecule is CCC[CH2][Sn](/[CH]=C1\CN2C(=O)[C@H](Oc3ccccc3)[C@@H]2[C@H]1CC(=O)OC)([CH2]CCC)[CH2]CCC. The van der Waals surface area contributed by atoms with E-state index in [9.17, 15) is 9.59 Å². The van der Waals surface area contributed by atoms with Crippen LogP contribution in [0.2, 0.25) is 13.3 Å². The van der Waals surface area contributed by atoms with Gasteiger partial charge < -0.3 is 0 Å². The molecule has 1 aromatic rings. The van der Waals surface area contributed by atoms with E-state index in [1.807, 2.05) is 35.2 Å². The van der Waals surface area contributed by atoms with Crippen molar-refractivity contribution >= 4 is 30.3 Å². The summed E-state index contributed by atoms with van der Waals surface area (Å²) in [6.07, 6.45) is 7.36. The second kappa shape index (κ2) is 13.0. The normalized spacial score (nSPS) is 23.1. The van der Waals surface area contributed by atoms with Crippen molar-refractivity contribution in [2.24, 2.45) is 5.92 Å². The number of carbonyl (C=O) groups excluding carboxylic acids is 2. The van der Waals surface area contributed by atoms with E-state index in [1.165, 1.54) is 64.5 Å². The molecule has 3 atom stereocenters. The number of β-lactam (4-membered cyclic amide) rings is 1. The van der Waals surface area contributed by atoms with Gasteiger partial charge in [0.1, 0.15) is 0 Å². The Morgan fingerprint density at radius 2 is 1.62 bits per heavy atom. The van der Waals surface area contributed by atoms with Crippen molar-refractivity contribution in [2.75, 3.05) is 13.7 Å². The molecule has 188 valence electrons. The Morgan fingerprint density at radius 1 is 1.03 bits per heavy atom. The van der Waals surface area contributed by atoms with Gasteiger partial charge in [0, 0.05) is 0 Å². The molecule has 2 fully saturated rings. The minimum absolute atomic E-state index is 0.000170. The number of para-hydroxylation sites is 1. The van der Waals surface area contributed by atoms with Crippen LogP contribution in [0.3, 0.4) is 0 Å². The van der Waals surface area contributed by atoms with E-state index in [0.29, 0.717) is 18.7 Å². The molecule has 5 nitrogen and oxygen atoms in total. The van der Waals surface area contributed by atoms with Gasteiger partial charge in [-0.2, -0.15) is 0 Å². The molecule has 2 heterocycles. The fourth-order valence-corrected chi connectivity index (χ4v) is 21.2. The van der Waals surface area contributed by atoms with E-state index in [-0.39, 0.29) is 23.8 Å². The Labute approximate surface area is 210 Å². The van der Waals surface area contributed by atoms with Crippen LogP contribution in [0.5, 0.6) is 5.75 Å². The van der Waals surface area contributed by atoms with Crippen molar-refractivity contribution in [3.05, 3.63) is 40.0 Å². The van der Waals surface area contributed by atoms with Gasteiger partial charge in [0.15, 0.2) is 0 Å². The third-order valence-electron chi connectivity index (χ3n) is 7.63. The first-order chi connectivity index (χ1) is 16.5. The topological polar surface area (TPSA) is 55.8 Å². The van der Waals surface area contributed by atoms with Crippen LogP contribution >= 0.6 is 0 Å². The molecule has 34 heavy (non-hydrogen) atoms. The molecule has 0 N–H and O–H groups in total. The first-order valence-electron chi connectivity index (χ1n) is 13.3. The van der Waals surface area contributed by atoms with Crippen LogP contribution < -0.4 is 4.74 Å². The number of ether oxygens (including phenoxy) is 2. The van der Waals surface area contributed by atoms with Gasteiger partial charge in [-0.15, -0.1) is 0 Å². The Hall–Kier alpha value is -1.50. The standard InChI is InChI=1S/C16H16NO4.3C4H9.Sn/c1-10-9-17-14(12(10)8-13(18)20-2)15(16(17)19)21-11-6-4-3-5-7-11;3*1-3-4-2;/h1,3-7,12,14-15H,8-9H2,2H3;3*1,3-4H2,2H3;/t12-,14-,15+;;;;/m0..../s1. The van der Waals surface area contributed by atoms with Gasteiger partial charge in [0.05, 0.1) is 0 Å². The maximum absolute atomic E-state index is 13.1. The molecule has 0 radical (unpaired) electrons. The summed E-state index contributed by atoms with van der Waals surface area (Å²) in [5, 5.41) is 0. The number of unbranched alkanes of at least 4 members (excludes halogenated alkanes) is 3. The first kappa shape index (κ1) is 27.1. The molecule has 0 bridgehead atoms. The summed E-state index contributed by atoms with van der Waals surface area (Å²) in [4.78, 5) is 27.4. The van der Waals surface area contributed by atoms with Crippen LogP contribution in [0.25, 0.3) is 0 Å². The Bertz CT molecular complexity index is 818. The van der Waals surface area contributed by atoms with Gasteiger partial charge in [-0.1, -0.05) is 0 Å². The molecular formula is C28H43NO4Sn. The van der Waals surface area contributed by atoms with Crippen LogP contribution in [-0.4, -0.2) is 61.0 Å². The molecule has 2 aliphatic heterocycles. The number of fused-ring (bicyclic) bond motifs is 1. The molecule has 2 saturated heterocycles. The molecule has 0 aromatic heterocycles. The summed E-state index contributed by atoms with van der Waals surface area (Å²) in [5.41, 5.74) is 1.32. The molecule has 3 rings (SSSR count). The summed E-state index contributed by atoms with van der Waals surface area (Å²) in [7, 11) is 1.45. The fraction of sp³-hybridized carbons (Fsp3) is 0.643. The second-order valence-corrected chi connectivity index (χ2v) is 23.0. The number of hydrogen-bond acceptors (Lipinski definition) is 4. The molecule has 1 aromatic carbocycles. The van der Waals surface area contributed by atoms with E-state index >= 15 is 0 Å². The number of esters is 1. The average Bonchev–Trinajstić information content (AvgIpc) is 3.17. The number of hydrogen-bond donors (Lipinski definition) is 0. The van der Waals surface area contributed by atoms with Crippen LogP contribution in [0.1, 0.15) is 65.7 Å². The van der Waals surface area contributed by atoms with E-state index in [0.717, 1.165) is 0 Å². The molecule has 6 heteroatoms. The fourth-order valence-electron chi connectivity index (χ4n) is 5.69. The van der Waals surface area contributed by atoms with Gasteiger partial charge >= 0.3 is 211 Å². The van der Waals surface area contributed by atoms with Gasteiger partial charge in [-0.25, -0.2) is 0 Å². The molecule has 0 aliphatic carbocycles. The zero-order valence-corrected chi connectivity index (χ0v) is 24.4. The predicted molar refractivity (Wildman–Crippen MR) is 139 cm³/mol. The van der Waals surface area contributed by atoms with Gasteiger partial charge in [0.2, 0.25) is 0 Å². The Balaban J connectivity index is 1.93. The Morgan fingerprint density at radius 3 is 2.15 bits per heavy atom. The van der Waals surface area contributed by atoms with E-state index in [2.05, 4.69) is 24.9 Å². The van der Waals surface area contributed by atoms with Gasteiger partial charge in [-0.3, -0.25) is 0 Å². The van der Waals surface area contributed by atoms with E-state index in [1.54, 1.807) is 0 Å². The van der Waals surface area contributed by atoms with Crippen molar-refractivity contribution < 1.29 is 19.1 Å². The van der Waals surface area contributed by atoms with Crippen LogP contribution in [-0.2, 0) is 14.3 Å². The third-order valence-corrected chi connectivity index (χ3v) is 22.0. The monoisotopic (exact) mass is 577 g/mol. The summed E-state index contributed by atoms with van der Waals surface area (Å²) >= 11 is -2.59. The Kier molecular flexibility index (Phi) is 10.3. The minimum atomic E-state index is -2.59. The van der Waals surface area contributed by atoms with Crippen LogP contribution in [0, 0.1) is 5.92 Å². The maximum atomic E-state index is 13.1. The molecular weight excluding hydrogens is 533 g/mol. The average molecular weight is 576 g/mol. The summed E-state index contributed by atoms with van der Waals surface area (Å²) in [5.74, 6) is 0.549. The van der Waals surface area contributed by atoms with Gasteiger partial charge in [-0.05, 0) is 0 Å². The number of nitrogens with zero attached hydrogens (tertiary/aromatic N) is 1. The zero-order valence-electron chi connectivity index (χ0n) is 21.6. The van der Waals surface area contributed by atoms with Crippen molar-refractivity contribution in [1.29, 1.82) is 0 Å². The first-order valence-corrected chi connectivity index (χ1v) is 21.0. The number of rotatable bonds is 14. The van der Waals surface area contributed by atoms with Crippen molar-refractivity contribution in [3.63, 3.8) is 0 Å². The number of benzene rings is 1. The number of carbonyl (C=O) groups is 2. The second-order valence-electron chi connectivity index (χ2n) is 10.1. The predicted octanol–water partition coefficient (Wildman–Crippen LogP) is 6.15. The van der Waals surface area contributed by atoms with Crippen LogP contribution in [0.4, 0.5) is 0 Å². The molecule has 0 saturated carbocycles. The summed E-state index contributed by atoms with van der Waals surface area (Å²) in [6.45, 7) is 7.52. The molecule has 2 aliphatic rings. The molecule has 0 spiro atoms. The van der Waals surface area contributed by atoms with Crippen molar-refractivity contribution in [2.45, 2.75) is 91.2 Å². The molecule has 1 amide bonds. The van der Waals surface area contributed by atoms with Crippen molar-refractivity contribution in [1.82, 2.24) is 4.90 Å². The number of methoxy groups -OCH3 is 1. The van der Waals surface area contributed by atoms with Crippen LogP contribution in [0.15, 0.2) is 40.0 Å². The quantitative estimate of drug-likeness (QED) is 0.152. The zero-order chi connectivity index (χ0) is 24.6.